The summed E-state index contributed by atoms with van der Waals surface area (Å²) in [6.45, 7) is 4.28. The molecule has 0 aromatic carbocycles. The van der Waals surface area contributed by atoms with Gasteiger partial charge < -0.3 is 19.0 Å². The third-order valence-electron chi connectivity index (χ3n) is 3.36. The van der Waals surface area contributed by atoms with E-state index < -0.39 is 0 Å². The first kappa shape index (κ1) is 12.0. The van der Waals surface area contributed by atoms with Crippen molar-refractivity contribution >= 4 is 5.69 Å². The van der Waals surface area contributed by atoms with Crippen molar-refractivity contribution in [2.45, 2.75) is 13.0 Å². The lowest BCUT2D eigenvalue weighted by Gasteiger charge is -2.35. The van der Waals surface area contributed by atoms with Gasteiger partial charge >= 0.3 is 0 Å². The normalized spacial score (nSPS) is 19.6. The van der Waals surface area contributed by atoms with Crippen LogP contribution in [0.5, 0.6) is 0 Å². The Kier molecular flexibility index (Phi) is 3.13. The predicted molar refractivity (Wildman–Crippen MR) is 72.4 cm³/mol. The molecule has 2 aromatic rings. The molecule has 19 heavy (non-hydrogen) atoms. The molecule has 1 aliphatic rings. The summed E-state index contributed by atoms with van der Waals surface area (Å²) in [6.07, 6.45) is 3.22. The topological polar surface area (TPSA) is 58.5 Å². The zero-order chi connectivity index (χ0) is 13.2. The quantitative estimate of drug-likeness (QED) is 0.895. The smallest absolute Gasteiger partial charge is 0.250 e. The highest BCUT2D eigenvalue weighted by molar-refractivity contribution is 5.63. The fraction of sp³-hybridized carbons (Fsp3) is 0.357. The highest BCUT2D eigenvalue weighted by atomic mass is 16.5. The predicted octanol–water partition coefficient (Wildman–Crippen LogP) is 1.86. The second-order valence-electron chi connectivity index (χ2n) is 4.75. The van der Waals surface area contributed by atoms with Gasteiger partial charge in [0.15, 0.2) is 0 Å². The highest BCUT2D eigenvalue weighted by Gasteiger charge is 2.20. The van der Waals surface area contributed by atoms with Crippen molar-refractivity contribution in [3.8, 4) is 11.3 Å². The summed E-state index contributed by atoms with van der Waals surface area (Å²) in [4.78, 5) is 16.8. The summed E-state index contributed by atoms with van der Waals surface area (Å²) >= 11 is 0. The molecule has 0 amide bonds. The zero-order valence-electron chi connectivity index (χ0n) is 10.8. The minimum Gasteiger partial charge on any atom is -0.472 e. The van der Waals surface area contributed by atoms with E-state index >= 15 is 0 Å². The SMILES string of the molecule is C[C@@H]1COCCN1c1cc(-c2ccoc2)[nH]c(=O)c1. The van der Waals surface area contributed by atoms with Gasteiger partial charge in [0, 0.05) is 29.9 Å². The van der Waals surface area contributed by atoms with Crippen molar-refractivity contribution in [1.82, 2.24) is 4.98 Å². The zero-order valence-corrected chi connectivity index (χ0v) is 10.8. The third kappa shape index (κ3) is 2.42. The summed E-state index contributed by atoms with van der Waals surface area (Å²) in [6, 6.07) is 5.71. The van der Waals surface area contributed by atoms with E-state index in [9.17, 15) is 4.79 Å². The lowest BCUT2D eigenvalue weighted by Crippen LogP contribution is -2.44. The third-order valence-corrected chi connectivity index (χ3v) is 3.36. The molecule has 1 fully saturated rings. The number of aromatic nitrogens is 1. The van der Waals surface area contributed by atoms with Gasteiger partial charge in [-0.05, 0) is 19.1 Å². The fourth-order valence-corrected chi connectivity index (χ4v) is 2.38. The number of pyridine rings is 1. The van der Waals surface area contributed by atoms with Crippen LogP contribution in [0.4, 0.5) is 5.69 Å². The highest BCUT2D eigenvalue weighted by Crippen LogP contribution is 2.23. The number of H-pyrrole nitrogens is 1. The maximum absolute atomic E-state index is 11.8. The Hall–Kier alpha value is -2.01. The minimum atomic E-state index is -0.104. The average molecular weight is 260 g/mol. The summed E-state index contributed by atoms with van der Waals surface area (Å²) in [7, 11) is 0. The molecule has 1 saturated heterocycles. The van der Waals surface area contributed by atoms with Gasteiger partial charge in [-0.3, -0.25) is 4.79 Å². The van der Waals surface area contributed by atoms with E-state index in [1.807, 2.05) is 12.1 Å². The van der Waals surface area contributed by atoms with E-state index in [-0.39, 0.29) is 11.6 Å². The Morgan fingerprint density at radius 1 is 1.42 bits per heavy atom. The van der Waals surface area contributed by atoms with Crippen LogP contribution in [-0.4, -0.2) is 30.8 Å². The molecule has 1 N–H and O–H groups in total. The van der Waals surface area contributed by atoms with Crippen LogP contribution >= 0.6 is 0 Å². The largest absolute Gasteiger partial charge is 0.472 e. The van der Waals surface area contributed by atoms with Crippen LogP contribution < -0.4 is 10.5 Å². The van der Waals surface area contributed by atoms with Gasteiger partial charge in [0.25, 0.3) is 0 Å². The fourth-order valence-electron chi connectivity index (χ4n) is 2.38. The Labute approximate surface area is 110 Å². The molecule has 2 aromatic heterocycles. The van der Waals surface area contributed by atoms with Crippen LogP contribution in [-0.2, 0) is 4.74 Å². The average Bonchev–Trinajstić information content (AvgIpc) is 2.92. The molecule has 1 atom stereocenters. The molecule has 5 nitrogen and oxygen atoms in total. The molecule has 3 rings (SSSR count). The maximum atomic E-state index is 11.8. The van der Waals surface area contributed by atoms with Gasteiger partial charge in [-0.1, -0.05) is 0 Å². The first-order chi connectivity index (χ1) is 9.24. The number of morpholine rings is 1. The number of ether oxygens (including phenoxy) is 1. The van der Waals surface area contributed by atoms with E-state index in [1.54, 1.807) is 18.6 Å². The Balaban J connectivity index is 2.00. The molecular weight excluding hydrogens is 244 g/mol. The van der Waals surface area contributed by atoms with Crippen molar-refractivity contribution in [3.05, 3.63) is 41.1 Å². The minimum absolute atomic E-state index is 0.104. The number of anilines is 1. The van der Waals surface area contributed by atoms with Crippen LogP contribution in [0.3, 0.4) is 0 Å². The standard InChI is InChI=1S/C14H16N2O3/c1-10-8-19-5-3-16(10)12-6-13(15-14(17)7-12)11-2-4-18-9-11/h2,4,6-7,9-10H,3,5,8H2,1H3,(H,15,17)/t10-/m1/s1. The molecule has 3 heterocycles. The molecule has 0 aliphatic carbocycles. The van der Waals surface area contributed by atoms with E-state index in [4.69, 9.17) is 9.15 Å². The second-order valence-corrected chi connectivity index (χ2v) is 4.75. The molecule has 1 aliphatic heterocycles. The van der Waals surface area contributed by atoms with Gasteiger partial charge in [0.2, 0.25) is 5.56 Å². The Bertz CT molecular complexity index is 603. The maximum Gasteiger partial charge on any atom is 0.250 e. The van der Waals surface area contributed by atoms with Crippen molar-refractivity contribution < 1.29 is 9.15 Å². The van der Waals surface area contributed by atoms with E-state index in [0.29, 0.717) is 13.2 Å². The van der Waals surface area contributed by atoms with Gasteiger partial charge in [0.1, 0.15) is 0 Å². The number of nitrogens with one attached hydrogen (secondary N) is 1. The molecule has 0 radical (unpaired) electrons. The number of furan rings is 1. The lowest BCUT2D eigenvalue weighted by molar-refractivity contribution is 0.0989. The molecule has 0 bridgehead atoms. The van der Waals surface area contributed by atoms with Crippen LogP contribution in [0.2, 0.25) is 0 Å². The number of hydrogen-bond donors (Lipinski definition) is 1. The van der Waals surface area contributed by atoms with Crippen molar-refractivity contribution in [3.63, 3.8) is 0 Å². The summed E-state index contributed by atoms with van der Waals surface area (Å²) in [5.74, 6) is 0. The molecule has 0 spiro atoms. The van der Waals surface area contributed by atoms with Crippen molar-refractivity contribution in [2.24, 2.45) is 0 Å². The Morgan fingerprint density at radius 3 is 3.05 bits per heavy atom. The monoisotopic (exact) mass is 260 g/mol. The van der Waals surface area contributed by atoms with Crippen molar-refractivity contribution in [2.75, 3.05) is 24.7 Å². The molecule has 0 saturated carbocycles. The van der Waals surface area contributed by atoms with Crippen LogP contribution in [0.1, 0.15) is 6.92 Å². The first-order valence-corrected chi connectivity index (χ1v) is 6.35. The summed E-state index contributed by atoms with van der Waals surface area (Å²) in [5, 5.41) is 0. The van der Waals surface area contributed by atoms with Crippen LogP contribution in [0, 0.1) is 0 Å². The van der Waals surface area contributed by atoms with Crippen LogP contribution in [0.25, 0.3) is 11.3 Å². The Morgan fingerprint density at radius 2 is 2.32 bits per heavy atom. The summed E-state index contributed by atoms with van der Waals surface area (Å²) in [5.41, 5.74) is 2.47. The van der Waals surface area contributed by atoms with Gasteiger partial charge in [-0.2, -0.15) is 0 Å². The number of nitrogens with zero attached hydrogens (tertiary/aromatic N) is 1. The van der Waals surface area contributed by atoms with Crippen molar-refractivity contribution in [1.29, 1.82) is 0 Å². The molecule has 5 heteroatoms. The number of rotatable bonds is 2. The second kappa shape index (κ2) is 4.93. The molecule has 100 valence electrons. The number of aromatic amines is 1. The van der Waals surface area contributed by atoms with Gasteiger partial charge in [0.05, 0.1) is 31.4 Å². The summed E-state index contributed by atoms with van der Waals surface area (Å²) < 4.78 is 10.5. The molecular formula is C14H16N2O3. The molecule has 0 unspecified atom stereocenters. The van der Waals surface area contributed by atoms with Crippen LogP contribution in [0.15, 0.2) is 39.9 Å². The van der Waals surface area contributed by atoms with Gasteiger partial charge in [-0.15, -0.1) is 0 Å². The van der Waals surface area contributed by atoms with E-state index in [1.165, 1.54) is 0 Å². The number of hydrogen-bond acceptors (Lipinski definition) is 4. The lowest BCUT2D eigenvalue weighted by atomic mass is 10.1. The van der Waals surface area contributed by atoms with E-state index in [2.05, 4.69) is 16.8 Å². The van der Waals surface area contributed by atoms with Gasteiger partial charge in [-0.25, -0.2) is 0 Å². The first-order valence-electron chi connectivity index (χ1n) is 6.35. The van der Waals surface area contributed by atoms with E-state index in [0.717, 1.165) is 23.5 Å².